The first kappa shape index (κ1) is 13.1. The molecule has 6 heteroatoms. The van der Waals surface area contributed by atoms with Gasteiger partial charge in [-0.25, -0.2) is 9.97 Å². The number of anilines is 1. The first-order valence-electron chi connectivity index (χ1n) is 5.52. The molecule has 2 rings (SSSR count). The maximum atomic E-state index is 8.63. The second-order valence-corrected chi connectivity index (χ2v) is 4.08. The molecule has 0 spiro atoms. The van der Waals surface area contributed by atoms with E-state index >= 15 is 0 Å². The molecule has 0 atom stereocenters. The third kappa shape index (κ3) is 3.12. The Labute approximate surface area is 115 Å². The van der Waals surface area contributed by atoms with E-state index in [1.54, 1.807) is 13.2 Å². The first-order chi connectivity index (χ1) is 9.24. The number of nitrogens with zero attached hydrogens (tertiary/aromatic N) is 3. The molecule has 0 amide bonds. The van der Waals surface area contributed by atoms with E-state index in [-0.39, 0.29) is 5.69 Å². The largest absolute Gasteiger partial charge is 0.496 e. The van der Waals surface area contributed by atoms with E-state index in [1.807, 2.05) is 18.2 Å². The highest BCUT2D eigenvalue weighted by Crippen LogP contribution is 2.26. The number of ether oxygens (including phenoxy) is 1. The molecule has 1 heterocycles. The molecule has 0 aliphatic rings. The van der Waals surface area contributed by atoms with Crippen molar-refractivity contribution in [3.63, 3.8) is 0 Å². The van der Waals surface area contributed by atoms with E-state index in [0.29, 0.717) is 23.1 Å². The number of aromatic nitrogens is 2. The highest BCUT2D eigenvalue weighted by Gasteiger charge is 2.07. The maximum absolute atomic E-state index is 8.63. The number of rotatable bonds is 4. The minimum absolute atomic E-state index is 0.279. The Kier molecular flexibility index (Phi) is 4.16. The van der Waals surface area contributed by atoms with Crippen LogP contribution in [0.1, 0.15) is 11.3 Å². The van der Waals surface area contributed by atoms with Crippen LogP contribution in [0.15, 0.2) is 30.6 Å². The van der Waals surface area contributed by atoms with Gasteiger partial charge in [0.15, 0.2) is 5.69 Å². The molecular formula is C13H11ClN4O. The molecular weight excluding hydrogens is 264 g/mol. The van der Waals surface area contributed by atoms with E-state index in [4.69, 9.17) is 21.6 Å². The normalized spacial score (nSPS) is 9.74. The summed E-state index contributed by atoms with van der Waals surface area (Å²) in [6, 6.07) is 7.38. The van der Waals surface area contributed by atoms with Crippen molar-refractivity contribution in [1.29, 1.82) is 5.26 Å². The predicted octanol–water partition coefficient (Wildman–Crippen LogP) is 2.62. The van der Waals surface area contributed by atoms with Crippen LogP contribution in [-0.2, 0) is 6.54 Å². The Hall–Kier alpha value is -2.32. The fourth-order valence-corrected chi connectivity index (χ4v) is 1.79. The van der Waals surface area contributed by atoms with Crippen molar-refractivity contribution in [3.05, 3.63) is 46.9 Å². The Balaban J connectivity index is 2.12. The molecule has 0 bridgehead atoms. The number of halogens is 1. The number of hydrogen-bond acceptors (Lipinski definition) is 5. The summed E-state index contributed by atoms with van der Waals surface area (Å²) >= 11 is 6.12. The minimum Gasteiger partial charge on any atom is -0.496 e. The highest BCUT2D eigenvalue weighted by molar-refractivity contribution is 6.31. The van der Waals surface area contributed by atoms with Crippen LogP contribution < -0.4 is 10.1 Å². The lowest BCUT2D eigenvalue weighted by Gasteiger charge is -2.11. The first-order valence-corrected chi connectivity index (χ1v) is 5.90. The van der Waals surface area contributed by atoms with Gasteiger partial charge in [-0.1, -0.05) is 17.7 Å². The molecule has 0 saturated carbocycles. The van der Waals surface area contributed by atoms with Gasteiger partial charge in [0.2, 0.25) is 0 Å². The van der Waals surface area contributed by atoms with E-state index in [2.05, 4.69) is 15.3 Å². The van der Waals surface area contributed by atoms with Gasteiger partial charge in [-0.2, -0.15) is 5.26 Å². The number of methoxy groups -OCH3 is 1. The fraction of sp³-hybridized carbons (Fsp3) is 0.154. The topological polar surface area (TPSA) is 70.8 Å². The maximum Gasteiger partial charge on any atom is 0.158 e. The smallest absolute Gasteiger partial charge is 0.158 e. The zero-order chi connectivity index (χ0) is 13.7. The summed E-state index contributed by atoms with van der Waals surface area (Å²) in [4.78, 5) is 7.99. The van der Waals surface area contributed by atoms with Crippen molar-refractivity contribution in [1.82, 2.24) is 9.97 Å². The molecule has 0 radical (unpaired) electrons. The summed E-state index contributed by atoms with van der Waals surface area (Å²) in [7, 11) is 1.59. The summed E-state index contributed by atoms with van der Waals surface area (Å²) in [5.41, 5.74) is 1.12. The molecule has 5 nitrogen and oxygen atoms in total. The average molecular weight is 275 g/mol. The van der Waals surface area contributed by atoms with E-state index in [0.717, 1.165) is 5.56 Å². The molecule has 0 saturated heterocycles. The zero-order valence-corrected chi connectivity index (χ0v) is 11.0. The summed E-state index contributed by atoms with van der Waals surface area (Å²) in [5, 5.41) is 12.3. The van der Waals surface area contributed by atoms with Crippen LogP contribution in [0.2, 0.25) is 5.02 Å². The van der Waals surface area contributed by atoms with Crippen molar-refractivity contribution < 1.29 is 4.74 Å². The third-order valence-electron chi connectivity index (χ3n) is 2.51. The molecule has 0 aliphatic heterocycles. The standard InChI is InChI=1S/C13H11ClN4O/c1-19-12-4-2-3-11(14)10(12)7-18-13-8-16-9(5-15)6-17-13/h2-4,6,8H,7H2,1H3,(H,17,18). The Morgan fingerprint density at radius 1 is 1.37 bits per heavy atom. The summed E-state index contributed by atoms with van der Waals surface area (Å²) in [6.07, 6.45) is 2.91. The monoisotopic (exact) mass is 274 g/mol. The van der Waals surface area contributed by atoms with Crippen molar-refractivity contribution in [2.45, 2.75) is 6.54 Å². The van der Waals surface area contributed by atoms with Gasteiger partial charge in [0, 0.05) is 17.1 Å². The second-order valence-electron chi connectivity index (χ2n) is 3.67. The van der Waals surface area contributed by atoms with Crippen molar-refractivity contribution in [3.8, 4) is 11.8 Å². The summed E-state index contributed by atoms with van der Waals surface area (Å²) in [6.45, 7) is 0.462. The third-order valence-corrected chi connectivity index (χ3v) is 2.86. The van der Waals surface area contributed by atoms with E-state index in [9.17, 15) is 0 Å². The predicted molar refractivity (Wildman–Crippen MR) is 72.1 cm³/mol. The zero-order valence-electron chi connectivity index (χ0n) is 10.2. The molecule has 0 fully saturated rings. The van der Waals surface area contributed by atoms with Crippen molar-refractivity contribution in [2.75, 3.05) is 12.4 Å². The Morgan fingerprint density at radius 3 is 2.84 bits per heavy atom. The molecule has 0 unspecified atom stereocenters. The van der Waals surface area contributed by atoms with Crippen LogP contribution in [0, 0.1) is 11.3 Å². The minimum atomic E-state index is 0.279. The highest BCUT2D eigenvalue weighted by atomic mass is 35.5. The quantitative estimate of drug-likeness (QED) is 0.928. The van der Waals surface area contributed by atoms with Gasteiger partial charge in [-0.15, -0.1) is 0 Å². The van der Waals surface area contributed by atoms with Crippen LogP contribution in [0.3, 0.4) is 0 Å². The summed E-state index contributed by atoms with van der Waals surface area (Å²) < 4.78 is 5.25. The molecule has 1 N–H and O–H groups in total. The lowest BCUT2D eigenvalue weighted by Crippen LogP contribution is -2.04. The van der Waals surface area contributed by atoms with Gasteiger partial charge < -0.3 is 10.1 Å². The molecule has 0 aliphatic carbocycles. The lowest BCUT2D eigenvalue weighted by molar-refractivity contribution is 0.410. The van der Waals surface area contributed by atoms with Crippen LogP contribution in [0.5, 0.6) is 5.75 Å². The SMILES string of the molecule is COc1cccc(Cl)c1CNc1cnc(C#N)cn1. The van der Waals surface area contributed by atoms with Crippen molar-refractivity contribution in [2.24, 2.45) is 0 Å². The van der Waals surface area contributed by atoms with Gasteiger partial charge in [0.1, 0.15) is 17.6 Å². The van der Waals surface area contributed by atoms with Gasteiger partial charge >= 0.3 is 0 Å². The van der Waals surface area contributed by atoms with Gasteiger partial charge in [0.25, 0.3) is 0 Å². The van der Waals surface area contributed by atoms with Crippen LogP contribution in [-0.4, -0.2) is 17.1 Å². The second kappa shape index (κ2) is 6.03. The van der Waals surface area contributed by atoms with E-state index in [1.165, 1.54) is 12.4 Å². The van der Waals surface area contributed by atoms with Gasteiger partial charge in [-0.3, -0.25) is 0 Å². The van der Waals surface area contributed by atoms with Crippen LogP contribution in [0.4, 0.5) is 5.82 Å². The number of nitriles is 1. The number of benzene rings is 1. The van der Waals surface area contributed by atoms with Gasteiger partial charge in [-0.05, 0) is 12.1 Å². The lowest BCUT2D eigenvalue weighted by atomic mass is 10.2. The fourth-order valence-electron chi connectivity index (χ4n) is 1.56. The molecule has 19 heavy (non-hydrogen) atoms. The molecule has 2 aromatic rings. The van der Waals surface area contributed by atoms with E-state index < -0.39 is 0 Å². The Bertz CT molecular complexity index is 607. The average Bonchev–Trinajstić information content (AvgIpc) is 2.46. The van der Waals surface area contributed by atoms with Crippen molar-refractivity contribution >= 4 is 17.4 Å². The molecule has 1 aromatic heterocycles. The molecule has 1 aromatic carbocycles. The number of hydrogen-bond donors (Lipinski definition) is 1. The van der Waals surface area contributed by atoms with Crippen LogP contribution >= 0.6 is 11.6 Å². The van der Waals surface area contributed by atoms with Gasteiger partial charge in [0.05, 0.1) is 19.5 Å². The van der Waals surface area contributed by atoms with Crippen LogP contribution in [0.25, 0.3) is 0 Å². The Morgan fingerprint density at radius 2 is 2.21 bits per heavy atom. The summed E-state index contributed by atoms with van der Waals surface area (Å²) in [5.74, 6) is 1.28. The molecule has 96 valence electrons. The number of nitrogens with one attached hydrogen (secondary N) is 1.